The summed E-state index contributed by atoms with van der Waals surface area (Å²) in [6.45, 7) is 9.89. The van der Waals surface area contributed by atoms with Crippen LogP contribution >= 0.6 is 0 Å². The number of ether oxygens (including phenoxy) is 1. The normalized spacial score (nSPS) is 20.3. The molecule has 3 rings (SSSR count). The molecule has 1 aromatic heterocycles. The second kappa shape index (κ2) is 7.50. The lowest BCUT2D eigenvalue weighted by Crippen LogP contribution is -2.45. The maximum atomic E-state index is 12.4. The van der Waals surface area contributed by atoms with Gasteiger partial charge in [-0.3, -0.25) is 9.48 Å². The number of benzene rings is 1. The third kappa shape index (κ3) is 4.07. The van der Waals surface area contributed by atoms with Crippen LogP contribution in [-0.4, -0.2) is 41.0 Å². The lowest BCUT2D eigenvalue weighted by atomic mass is 10.1. The second-order valence-electron chi connectivity index (χ2n) is 7.21. The van der Waals surface area contributed by atoms with E-state index in [-0.39, 0.29) is 18.1 Å². The molecule has 1 aromatic carbocycles. The first-order valence-electron chi connectivity index (χ1n) is 9.13. The molecular weight excluding hydrogens is 328 g/mol. The standard InChI is InChI=1S/C20H28N4O2/c1-13-11-24(12-14(2)26-13)18-8-6-17(7-9-18)21-20(25)10-19-15(3)22-23(5)16(19)4/h6-9,13-14H,10-12H2,1-5H3,(H,21,25). The predicted molar refractivity (Wildman–Crippen MR) is 104 cm³/mol. The Morgan fingerprint density at radius 3 is 2.35 bits per heavy atom. The molecule has 6 heteroatoms. The van der Waals surface area contributed by atoms with Gasteiger partial charge in [0.2, 0.25) is 5.91 Å². The molecule has 1 fully saturated rings. The van der Waals surface area contributed by atoms with Crippen molar-refractivity contribution in [2.75, 3.05) is 23.3 Å². The summed E-state index contributed by atoms with van der Waals surface area (Å²) < 4.78 is 7.60. The monoisotopic (exact) mass is 356 g/mol. The third-order valence-corrected chi connectivity index (χ3v) is 4.93. The Morgan fingerprint density at radius 1 is 1.19 bits per heavy atom. The van der Waals surface area contributed by atoms with Crippen LogP contribution in [0.5, 0.6) is 0 Å². The zero-order chi connectivity index (χ0) is 18.8. The van der Waals surface area contributed by atoms with E-state index in [0.29, 0.717) is 6.42 Å². The molecule has 0 spiro atoms. The molecule has 6 nitrogen and oxygen atoms in total. The maximum Gasteiger partial charge on any atom is 0.228 e. The van der Waals surface area contributed by atoms with Crippen LogP contribution in [0.25, 0.3) is 0 Å². The Morgan fingerprint density at radius 2 is 1.81 bits per heavy atom. The van der Waals surface area contributed by atoms with Gasteiger partial charge in [-0.2, -0.15) is 5.10 Å². The number of morpholine rings is 1. The highest BCUT2D eigenvalue weighted by Gasteiger charge is 2.22. The molecule has 2 unspecified atom stereocenters. The van der Waals surface area contributed by atoms with E-state index in [1.165, 1.54) is 0 Å². The predicted octanol–water partition coefficient (Wildman–Crippen LogP) is 2.83. The van der Waals surface area contributed by atoms with Gasteiger partial charge in [0.25, 0.3) is 0 Å². The lowest BCUT2D eigenvalue weighted by Gasteiger charge is -2.36. The van der Waals surface area contributed by atoms with E-state index in [1.807, 2.05) is 37.7 Å². The number of rotatable bonds is 4. The minimum atomic E-state index is -0.0226. The van der Waals surface area contributed by atoms with E-state index < -0.39 is 0 Å². The van der Waals surface area contributed by atoms with Crippen molar-refractivity contribution in [1.29, 1.82) is 0 Å². The number of hydrogen-bond acceptors (Lipinski definition) is 4. The molecule has 140 valence electrons. The minimum Gasteiger partial charge on any atom is -0.372 e. The van der Waals surface area contributed by atoms with Crippen molar-refractivity contribution in [2.24, 2.45) is 7.05 Å². The maximum absolute atomic E-state index is 12.4. The van der Waals surface area contributed by atoms with Gasteiger partial charge in [0.15, 0.2) is 0 Å². The van der Waals surface area contributed by atoms with Gasteiger partial charge >= 0.3 is 0 Å². The molecule has 1 aliphatic rings. The van der Waals surface area contributed by atoms with Crippen LogP contribution in [0.3, 0.4) is 0 Å². The topological polar surface area (TPSA) is 59.4 Å². The van der Waals surface area contributed by atoms with Crippen molar-refractivity contribution >= 4 is 17.3 Å². The van der Waals surface area contributed by atoms with E-state index in [9.17, 15) is 4.79 Å². The van der Waals surface area contributed by atoms with Crippen LogP contribution < -0.4 is 10.2 Å². The first-order chi connectivity index (χ1) is 12.3. The molecule has 1 amide bonds. The van der Waals surface area contributed by atoms with Crippen molar-refractivity contribution in [1.82, 2.24) is 9.78 Å². The van der Waals surface area contributed by atoms with Gasteiger partial charge in [-0.05, 0) is 52.0 Å². The van der Waals surface area contributed by atoms with Crippen molar-refractivity contribution in [2.45, 2.75) is 46.3 Å². The Kier molecular flexibility index (Phi) is 5.32. The summed E-state index contributed by atoms with van der Waals surface area (Å²) in [5.74, 6) is -0.0226. The molecule has 1 aliphatic heterocycles. The van der Waals surface area contributed by atoms with E-state index >= 15 is 0 Å². The summed E-state index contributed by atoms with van der Waals surface area (Å²) in [5.41, 5.74) is 4.91. The number of aromatic nitrogens is 2. The van der Waals surface area contributed by atoms with Gasteiger partial charge in [-0.15, -0.1) is 0 Å². The fourth-order valence-electron chi connectivity index (χ4n) is 3.58. The van der Waals surface area contributed by atoms with E-state index in [4.69, 9.17) is 4.74 Å². The van der Waals surface area contributed by atoms with Crippen LogP contribution in [0.15, 0.2) is 24.3 Å². The Balaban J connectivity index is 1.63. The number of nitrogens with zero attached hydrogens (tertiary/aromatic N) is 3. The highest BCUT2D eigenvalue weighted by Crippen LogP contribution is 2.22. The average Bonchev–Trinajstić information content (AvgIpc) is 2.81. The number of carbonyl (C=O) groups is 1. The second-order valence-corrected chi connectivity index (χ2v) is 7.21. The first-order valence-corrected chi connectivity index (χ1v) is 9.13. The number of carbonyl (C=O) groups excluding carboxylic acids is 1. The number of amides is 1. The summed E-state index contributed by atoms with van der Waals surface area (Å²) in [6, 6.07) is 8.03. The molecular formula is C20H28N4O2. The lowest BCUT2D eigenvalue weighted by molar-refractivity contribution is -0.115. The van der Waals surface area contributed by atoms with E-state index in [0.717, 1.165) is 41.4 Å². The average molecular weight is 356 g/mol. The molecule has 26 heavy (non-hydrogen) atoms. The summed E-state index contributed by atoms with van der Waals surface area (Å²) in [5, 5.41) is 7.35. The highest BCUT2D eigenvalue weighted by atomic mass is 16.5. The molecule has 0 bridgehead atoms. The molecule has 0 saturated carbocycles. The van der Waals surface area contributed by atoms with Crippen molar-refractivity contribution < 1.29 is 9.53 Å². The summed E-state index contributed by atoms with van der Waals surface area (Å²) in [6.07, 6.45) is 0.791. The molecule has 1 saturated heterocycles. The highest BCUT2D eigenvalue weighted by molar-refractivity contribution is 5.92. The minimum absolute atomic E-state index is 0.0226. The summed E-state index contributed by atoms with van der Waals surface area (Å²) in [4.78, 5) is 14.7. The van der Waals surface area contributed by atoms with Crippen LogP contribution in [0.2, 0.25) is 0 Å². The smallest absolute Gasteiger partial charge is 0.228 e. The number of anilines is 2. The van der Waals surface area contributed by atoms with Crippen LogP contribution in [0.4, 0.5) is 11.4 Å². The zero-order valence-electron chi connectivity index (χ0n) is 16.2. The molecule has 1 N–H and O–H groups in total. The zero-order valence-corrected chi connectivity index (χ0v) is 16.2. The van der Waals surface area contributed by atoms with Crippen molar-refractivity contribution in [3.05, 3.63) is 41.2 Å². The molecule has 2 aromatic rings. The molecule has 2 atom stereocenters. The fourth-order valence-corrected chi connectivity index (χ4v) is 3.58. The van der Waals surface area contributed by atoms with Gasteiger partial charge in [-0.25, -0.2) is 0 Å². The number of aryl methyl sites for hydroxylation is 2. The van der Waals surface area contributed by atoms with Crippen molar-refractivity contribution in [3.8, 4) is 0 Å². The largest absolute Gasteiger partial charge is 0.372 e. The number of nitrogens with one attached hydrogen (secondary N) is 1. The number of hydrogen-bond donors (Lipinski definition) is 1. The van der Waals surface area contributed by atoms with E-state index in [1.54, 1.807) is 0 Å². The van der Waals surface area contributed by atoms with E-state index in [2.05, 4.69) is 41.3 Å². The van der Waals surface area contributed by atoms with Crippen LogP contribution in [-0.2, 0) is 23.0 Å². The summed E-state index contributed by atoms with van der Waals surface area (Å²) in [7, 11) is 1.90. The van der Waals surface area contributed by atoms with Gasteiger partial charge < -0.3 is 15.0 Å². The summed E-state index contributed by atoms with van der Waals surface area (Å²) >= 11 is 0. The van der Waals surface area contributed by atoms with Crippen LogP contribution in [0, 0.1) is 13.8 Å². The Hall–Kier alpha value is -2.34. The van der Waals surface area contributed by atoms with Gasteiger partial charge in [0.05, 0.1) is 24.3 Å². The fraction of sp³-hybridized carbons (Fsp3) is 0.500. The molecule has 0 aliphatic carbocycles. The van der Waals surface area contributed by atoms with Gasteiger partial charge in [0.1, 0.15) is 0 Å². The Labute approximate surface area is 155 Å². The van der Waals surface area contributed by atoms with Gasteiger partial charge in [-0.1, -0.05) is 0 Å². The quantitative estimate of drug-likeness (QED) is 0.915. The van der Waals surface area contributed by atoms with Crippen molar-refractivity contribution in [3.63, 3.8) is 0 Å². The Bertz CT molecular complexity index is 772. The molecule has 0 radical (unpaired) electrons. The SMILES string of the molecule is Cc1nn(C)c(C)c1CC(=O)Nc1ccc(N2CC(C)OC(C)C2)cc1. The first kappa shape index (κ1) is 18.5. The third-order valence-electron chi connectivity index (χ3n) is 4.93. The van der Waals surface area contributed by atoms with Crippen LogP contribution in [0.1, 0.15) is 30.8 Å². The molecule has 2 heterocycles. The van der Waals surface area contributed by atoms with Gasteiger partial charge in [0, 0.05) is 42.8 Å².